The van der Waals surface area contributed by atoms with Gasteiger partial charge < -0.3 is 4.57 Å². The Bertz CT molecular complexity index is 947. The Kier molecular flexibility index (Phi) is 4.83. The molecule has 2 aromatic carbocycles. The van der Waals surface area contributed by atoms with E-state index in [1.54, 1.807) is 12.5 Å². The standard InChI is InChI=1S/C22H20N4/c1-3-7-18(8-4-1)11-12-21-22(19-9-5-2-6-10-19)25-17-26(21)15-20-13-14-23-16-24-20/h1-10,13-14,16-17H,11-12,15H2. The molecule has 0 aliphatic carbocycles. The van der Waals surface area contributed by atoms with E-state index in [2.05, 4.69) is 69.1 Å². The van der Waals surface area contributed by atoms with Crippen LogP contribution in [-0.2, 0) is 19.4 Å². The number of hydrogen-bond acceptors (Lipinski definition) is 3. The first-order valence-electron chi connectivity index (χ1n) is 8.78. The molecule has 0 fully saturated rings. The van der Waals surface area contributed by atoms with Crippen molar-refractivity contribution in [3.05, 3.63) is 103 Å². The molecule has 0 amide bonds. The summed E-state index contributed by atoms with van der Waals surface area (Å²) in [6, 6.07) is 22.9. The Labute approximate surface area is 153 Å². The summed E-state index contributed by atoms with van der Waals surface area (Å²) < 4.78 is 2.20. The number of nitrogens with zero attached hydrogens (tertiary/aromatic N) is 4. The Hall–Kier alpha value is -3.27. The van der Waals surface area contributed by atoms with E-state index < -0.39 is 0 Å². The monoisotopic (exact) mass is 340 g/mol. The molecule has 0 aliphatic heterocycles. The summed E-state index contributed by atoms with van der Waals surface area (Å²) in [4.78, 5) is 13.1. The Balaban J connectivity index is 1.66. The molecule has 0 N–H and O–H groups in total. The van der Waals surface area contributed by atoms with Crippen LogP contribution in [0.3, 0.4) is 0 Å². The van der Waals surface area contributed by atoms with Gasteiger partial charge >= 0.3 is 0 Å². The predicted octanol–water partition coefficient (Wildman–Crippen LogP) is 4.17. The van der Waals surface area contributed by atoms with E-state index >= 15 is 0 Å². The smallest absolute Gasteiger partial charge is 0.115 e. The van der Waals surface area contributed by atoms with E-state index in [0.29, 0.717) is 6.54 Å². The van der Waals surface area contributed by atoms with Crippen molar-refractivity contribution in [2.75, 3.05) is 0 Å². The second-order valence-electron chi connectivity index (χ2n) is 6.22. The minimum absolute atomic E-state index is 0.701. The lowest BCUT2D eigenvalue weighted by Crippen LogP contribution is -2.07. The van der Waals surface area contributed by atoms with Gasteiger partial charge in [-0.1, -0.05) is 60.7 Å². The van der Waals surface area contributed by atoms with Crippen molar-refractivity contribution in [1.29, 1.82) is 0 Å². The van der Waals surface area contributed by atoms with Crippen molar-refractivity contribution in [2.45, 2.75) is 19.4 Å². The summed E-state index contributed by atoms with van der Waals surface area (Å²) in [7, 11) is 0. The van der Waals surface area contributed by atoms with Gasteiger partial charge in [0.05, 0.1) is 24.3 Å². The fraction of sp³-hybridized carbons (Fsp3) is 0.136. The largest absolute Gasteiger partial charge is 0.328 e. The van der Waals surface area contributed by atoms with Gasteiger partial charge in [-0.15, -0.1) is 0 Å². The number of aryl methyl sites for hydroxylation is 1. The predicted molar refractivity (Wildman–Crippen MR) is 103 cm³/mol. The summed E-state index contributed by atoms with van der Waals surface area (Å²) >= 11 is 0. The molecule has 0 atom stereocenters. The highest BCUT2D eigenvalue weighted by molar-refractivity contribution is 5.62. The summed E-state index contributed by atoms with van der Waals surface area (Å²) in [6.07, 6.45) is 7.20. The van der Waals surface area contributed by atoms with Crippen LogP contribution in [0.4, 0.5) is 0 Å². The maximum atomic E-state index is 4.71. The molecule has 0 aliphatic rings. The van der Waals surface area contributed by atoms with Crippen LogP contribution in [0.1, 0.15) is 17.0 Å². The molecular weight excluding hydrogens is 320 g/mol. The lowest BCUT2D eigenvalue weighted by atomic mass is 10.0. The number of hydrogen-bond donors (Lipinski definition) is 0. The zero-order valence-electron chi connectivity index (χ0n) is 14.5. The van der Waals surface area contributed by atoms with Gasteiger partial charge in [0.1, 0.15) is 6.33 Å². The van der Waals surface area contributed by atoms with Crippen LogP contribution in [0.2, 0.25) is 0 Å². The van der Waals surface area contributed by atoms with Gasteiger partial charge in [-0.25, -0.2) is 15.0 Å². The van der Waals surface area contributed by atoms with Crippen LogP contribution in [0, 0.1) is 0 Å². The van der Waals surface area contributed by atoms with Gasteiger partial charge in [-0.3, -0.25) is 0 Å². The van der Waals surface area contributed by atoms with Crippen molar-refractivity contribution in [2.24, 2.45) is 0 Å². The maximum absolute atomic E-state index is 4.71. The van der Waals surface area contributed by atoms with E-state index in [-0.39, 0.29) is 0 Å². The average molecular weight is 340 g/mol. The average Bonchev–Trinajstić information content (AvgIpc) is 3.11. The zero-order valence-corrected chi connectivity index (χ0v) is 14.5. The van der Waals surface area contributed by atoms with Crippen LogP contribution < -0.4 is 0 Å². The molecular formula is C22H20N4. The van der Waals surface area contributed by atoms with Crippen molar-refractivity contribution in [3.8, 4) is 11.3 Å². The highest BCUT2D eigenvalue weighted by Gasteiger charge is 2.13. The number of rotatable bonds is 6. The number of benzene rings is 2. The molecule has 4 rings (SSSR count). The molecule has 2 aromatic heterocycles. The third-order valence-electron chi connectivity index (χ3n) is 4.46. The molecule has 4 heteroatoms. The third-order valence-corrected chi connectivity index (χ3v) is 4.46. The minimum atomic E-state index is 0.701. The van der Waals surface area contributed by atoms with Crippen molar-refractivity contribution < 1.29 is 0 Å². The first-order chi connectivity index (χ1) is 12.9. The molecule has 0 saturated heterocycles. The van der Waals surface area contributed by atoms with Crippen LogP contribution in [0.5, 0.6) is 0 Å². The van der Waals surface area contributed by atoms with Gasteiger partial charge in [0.2, 0.25) is 0 Å². The van der Waals surface area contributed by atoms with Gasteiger partial charge in [0.25, 0.3) is 0 Å². The van der Waals surface area contributed by atoms with Gasteiger partial charge in [0, 0.05) is 17.5 Å². The number of imidazole rings is 1. The van der Waals surface area contributed by atoms with Gasteiger partial charge in [0.15, 0.2) is 0 Å². The lowest BCUT2D eigenvalue weighted by Gasteiger charge is -2.10. The van der Waals surface area contributed by atoms with Crippen LogP contribution in [0.15, 0.2) is 85.6 Å². The van der Waals surface area contributed by atoms with Crippen LogP contribution >= 0.6 is 0 Å². The van der Waals surface area contributed by atoms with E-state index in [4.69, 9.17) is 4.98 Å². The molecule has 0 radical (unpaired) electrons. The number of aromatic nitrogens is 4. The molecule has 0 bridgehead atoms. The van der Waals surface area contributed by atoms with Crippen molar-refractivity contribution >= 4 is 0 Å². The van der Waals surface area contributed by atoms with Crippen molar-refractivity contribution in [1.82, 2.24) is 19.5 Å². The molecule has 2 heterocycles. The first-order valence-corrected chi connectivity index (χ1v) is 8.78. The van der Waals surface area contributed by atoms with Gasteiger partial charge in [-0.2, -0.15) is 0 Å². The summed E-state index contributed by atoms with van der Waals surface area (Å²) in [5.41, 5.74) is 5.76. The quantitative estimate of drug-likeness (QED) is 0.529. The molecule has 0 spiro atoms. The highest BCUT2D eigenvalue weighted by atomic mass is 15.1. The Morgan fingerprint density at radius 2 is 1.54 bits per heavy atom. The van der Waals surface area contributed by atoms with E-state index in [9.17, 15) is 0 Å². The molecule has 4 nitrogen and oxygen atoms in total. The third kappa shape index (κ3) is 3.70. The molecule has 4 aromatic rings. The van der Waals surface area contributed by atoms with Gasteiger partial charge in [-0.05, 0) is 24.5 Å². The summed E-state index contributed by atoms with van der Waals surface area (Å²) in [6.45, 7) is 0.701. The Morgan fingerprint density at radius 1 is 0.769 bits per heavy atom. The zero-order chi connectivity index (χ0) is 17.6. The van der Waals surface area contributed by atoms with E-state index in [0.717, 1.165) is 29.8 Å². The van der Waals surface area contributed by atoms with Crippen LogP contribution in [-0.4, -0.2) is 19.5 Å². The lowest BCUT2D eigenvalue weighted by molar-refractivity contribution is 0.713. The Morgan fingerprint density at radius 3 is 2.27 bits per heavy atom. The summed E-state index contributed by atoms with van der Waals surface area (Å²) in [5, 5.41) is 0. The van der Waals surface area contributed by atoms with Crippen LogP contribution in [0.25, 0.3) is 11.3 Å². The second-order valence-corrected chi connectivity index (χ2v) is 6.22. The molecule has 0 unspecified atom stereocenters. The maximum Gasteiger partial charge on any atom is 0.115 e. The van der Waals surface area contributed by atoms with E-state index in [1.165, 1.54) is 11.3 Å². The topological polar surface area (TPSA) is 43.6 Å². The molecule has 26 heavy (non-hydrogen) atoms. The van der Waals surface area contributed by atoms with E-state index in [1.807, 2.05) is 18.5 Å². The SMILES string of the molecule is c1ccc(CCc2c(-c3ccccc3)ncn2Cc2ccncn2)cc1. The van der Waals surface area contributed by atoms with Crippen molar-refractivity contribution in [3.63, 3.8) is 0 Å². The fourth-order valence-corrected chi connectivity index (χ4v) is 3.14. The second kappa shape index (κ2) is 7.74. The summed E-state index contributed by atoms with van der Waals surface area (Å²) in [5.74, 6) is 0. The molecule has 128 valence electrons. The fourth-order valence-electron chi connectivity index (χ4n) is 3.14. The minimum Gasteiger partial charge on any atom is -0.328 e. The highest BCUT2D eigenvalue weighted by Crippen LogP contribution is 2.24. The molecule has 0 saturated carbocycles. The first kappa shape index (κ1) is 16.2. The normalized spacial score (nSPS) is 10.8.